The number of aliphatic hydroxyl groups excluding tert-OH is 1. The molecule has 0 radical (unpaired) electrons. The van der Waals surface area contributed by atoms with Gasteiger partial charge in [-0.3, -0.25) is 4.79 Å². The van der Waals surface area contributed by atoms with Crippen LogP contribution in [0.15, 0.2) is 52.9 Å². The highest BCUT2D eigenvalue weighted by Crippen LogP contribution is 2.26. The van der Waals surface area contributed by atoms with Crippen molar-refractivity contribution < 1.29 is 24.2 Å². The molecule has 9 heteroatoms. The van der Waals surface area contributed by atoms with Crippen LogP contribution in [-0.4, -0.2) is 70.4 Å². The van der Waals surface area contributed by atoms with Crippen LogP contribution >= 0.6 is 0 Å². The second-order valence-electron chi connectivity index (χ2n) is 8.58. The van der Waals surface area contributed by atoms with Crippen LogP contribution in [0.4, 0.5) is 10.8 Å². The zero-order chi connectivity index (χ0) is 24.8. The van der Waals surface area contributed by atoms with Crippen LogP contribution in [0.2, 0.25) is 0 Å². The molecule has 0 unspecified atom stereocenters. The van der Waals surface area contributed by atoms with Crippen molar-refractivity contribution in [2.45, 2.75) is 31.4 Å². The second-order valence-corrected chi connectivity index (χ2v) is 8.58. The number of carboxylic acid groups (broad SMARTS) is 1. The molecule has 2 aromatic carbocycles. The summed E-state index contributed by atoms with van der Waals surface area (Å²) in [4.78, 5) is 32.5. The number of carbonyl (C=O) groups is 2. The quantitative estimate of drug-likeness (QED) is 0.406. The lowest BCUT2D eigenvalue weighted by Gasteiger charge is -2.28. The average molecular weight is 477 g/mol. The van der Waals surface area contributed by atoms with Crippen LogP contribution in [0.1, 0.15) is 28.8 Å². The monoisotopic (exact) mass is 476 g/mol. The van der Waals surface area contributed by atoms with E-state index in [0.29, 0.717) is 22.7 Å². The van der Waals surface area contributed by atoms with E-state index >= 15 is 0 Å². The lowest BCUT2D eigenvalue weighted by Crippen LogP contribution is -2.50. The van der Waals surface area contributed by atoms with Crippen molar-refractivity contribution in [2.24, 2.45) is 0 Å². The van der Waals surface area contributed by atoms with Gasteiger partial charge in [0.2, 0.25) is 0 Å². The molecule has 4 rings (SSSR count). The van der Waals surface area contributed by atoms with E-state index in [1.165, 1.54) is 4.90 Å². The van der Waals surface area contributed by atoms with Gasteiger partial charge in [-0.2, -0.15) is 4.98 Å². The van der Waals surface area contributed by atoms with E-state index in [0.717, 1.165) is 31.5 Å². The number of aliphatic hydroxyl groups is 1. The number of hydrogen-bond acceptors (Lipinski definition) is 6. The lowest BCUT2D eigenvalue weighted by atomic mass is 10.0. The predicted octanol–water partition coefficient (Wildman–Crippen LogP) is 2.74. The van der Waals surface area contributed by atoms with E-state index in [1.807, 2.05) is 30.3 Å². The molecule has 1 aliphatic heterocycles. The number of nitrogens with one attached hydrogen (secondary N) is 1. The van der Waals surface area contributed by atoms with Gasteiger partial charge in [-0.1, -0.05) is 36.3 Å². The first-order valence-corrected chi connectivity index (χ1v) is 11.5. The zero-order valence-corrected chi connectivity index (χ0v) is 19.3. The minimum Gasteiger partial charge on any atom is -0.465 e. The van der Waals surface area contributed by atoms with Gasteiger partial charge in [0.25, 0.3) is 11.9 Å². The highest BCUT2D eigenvalue weighted by Gasteiger charge is 2.27. The molecule has 1 saturated heterocycles. The molecule has 2 heterocycles. The Hall–Kier alpha value is -4.03. The number of carbonyl (C=O) groups excluding carboxylic acids is 1. The third-order valence-electron chi connectivity index (χ3n) is 6.05. The minimum atomic E-state index is -1.26. The number of rotatable bonds is 9. The highest BCUT2D eigenvalue weighted by atomic mass is 16.4. The molecule has 3 N–H and O–H groups in total. The fourth-order valence-electron chi connectivity index (χ4n) is 4.26. The van der Waals surface area contributed by atoms with Crippen molar-refractivity contribution in [1.82, 2.24) is 15.2 Å². The lowest BCUT2D eigenvalue weighted by molar-refractivity contribution is 0.0571. The molecule has 182 valence electrons. The molecule has 1 aromatic heterocycles. The number of fused-ring (bicyclic) bond motifs is 1. The van der Waals surface area contributed by atoms with Crippen LogP contribution in [0, 0.1) is 12.3 Å². The van der Waals surface area contributed by atoms with Gasteiger partial charge in [-0.15, -0.1) is 6.42 Å². The Morgan fingerprint density at radius 3 is 2.63 bits per heavy atom. The summed E-state index contributed by atoms with van der Waals surface area (Å²) in [6.07, 6.45) is 5.50. The molecule has 2 amide bonds. The number of terminal acetylenes is 1. The van der Waals surface area contributed by atoms with E-state index < -0.39 is 24.1 Å². The van der Waals surface area contributed by atoms with Gasteiger partial charge >= 0.3 is 6.09 Å². The Bertz CT molecular complexity index is 1210. The summed E-state index contributed by atoms with van der Waals surface area (Å²) in [5, 5.41) is 22.5. The van der Waals surface area contributed by atoms with Crippen LogP contribution in [0.5, 0.6) is 0 Å². The number of aromatic nitrogens is 1. The Morgan fingerprint density at radius 2 is 1.94 bits per heavy atom. The Kier molecular flexibility index (Phi) is 7.53. The smallest absolute Gasteiger partial charge is 0.404 e. The van der Waals surface area contributed by atoms with Gasteiger partial charge in [0, 0.05) is 25.2 Å². The van der Waals surface area contributed by atoms with Crippen molar-refractivity contribution >= 4 is 29.1 Å². The van der Waals surface area contributed by atoms with Crippen molar-refractivity contribution in [2.75, 3.05) is 31.1 Å². The minimum absolute atomic E-state index is 0.0471. The topological polar surface area (TPSA) is 119 Å². The number of oxazole rings is 1. The fourth-order valence-corrected chi connectivity index (χ4v) is 4.26. The summed E-state index contributed by atoms with van der Waals surface area (Å²) in [7, 11) is 0. The Morgan fingerprint density at radius 1 is 1.20 bits per heavy atom. The molecule has 1 aliphatic rings. The molecule has 2 atom stereocenters. The highest BCUT2D eigenvalue weighted by molar-refractivity contribution is 5.97. The normalized spacial score (nSPS) is 14.9. The van der Waals surface area contributed by atoms with E-state index in [2.05, 4.69) is 21.1 Å². The molecule has 9 nitrogen and oxygen atoms in total. The average Bonchev–Trinajstić information content (AvgIpc) is 3.52. The molecule has 35 heavy (non-hydrogen) atoms. The van der Waals surface area contributed by atoms with Gasteiger partial charge in [0.1, 0.15) is 5.52 Å². The number of benzene rings is 2. The van der Waals surface area contributed by atoms with Crippen LogP contribution < -0.4 is 10.2 Å². The summed E-state index contributed by atoms with van der Waals surface area (Å²) >= 11 is 0. The number of hydrogen-bond donors (Lipinski definition) is 3. The third kappa shape index (κ3) is 5.91. The standard InChI is InChI=1S/C26H28N4O5/c1-2-12-30(17-22(31)21(28-26(33)34)15-18-8-4-3-5-9-18)24(32)19-10-11-20-23(16-19)35-25(27-20)29-13-6-7-14-29/h1,3-5,8-11,16,21-22,28,31H,6-7,12-15,17H2,(H,33,34)/t21-,22+/m0/s1. The summed E-state index contributed by atoms with van der Waals surface area (Å²) in [5.74, 6) is 2.05. The van der Waals surface area contributed by atoms with E-state index in [-0.39, 0.29) is 19.5 Å². The van der Waals surface area contributed by atoms with Gasteiger partial charge < -0.3 is 29.7 Å². The SMILES string of the molecule is C#CCN(C[C@@H](O)[C@H](Cc1ccccc1)NC(=O)O)C(=O)c1ccc2nc(N3CCCC3)oc2c1. The van der Waals surface area contributed by atoms with E-state index in [9.17, 15) is 19.8 Å². The zero-order valence-electron chi connectivity index (χ0n) is 19.3. The first-order valence-electron chi connectivity index (χ1n) is 11.5. The first-order chi connectivity index (χ1) is 16.9. The maximum absolute atomic E-state index is 13.3. The summed E-state index contributed by atoms with van der Waals surface area (Å²) < 4.78 is 5.89. The Labute approximate surface area is 203 Å². The molecule has 1 fully saturated rings. The van der Waals surface area contributed by atoms with Gasteiger partial charge in [-0.25, -0.2) is 4.79 Å². The van der Waals surface area contributed by atoms with Gasteiger partial charge in [0.15, 0.2) is 5.58 Å². The fraction of sp³-hybridized carbons (Fsp3) is 0.346. The van der Waals surface area contributed by atoms with Crippen LogP contribution in [0.3, 0.4) is 0 Å². The van der Waals surface area contributed by atoms with Gasteiger partial charge in [0.05, 0.1) is 18.7 Å². The molecule has 0 bridgehead atoms. The van der Waals surface area contributed by atoms with Crippen molar-refractivity contribution in [3.8, 4) is 12.3 Å². The summed E-state index contributed by atoms with van der Waals surface area (Å²) in [5.41, 5.74) is 2.34. The van der Waals surface area contributed by atoms with Crippen molar-refractivity contribution in [3.05, 3.63) is 59.7 Å². The van der Waals surface area contributed by atoms with E-state index in [4.69, 9.17) is 10.8 Å². The summed E-state index contributed by atoms with van der Waals surface area (Å²) in [6, 6.07) is 13.9. The van der Waals surface area contributed by atoms with Crippen molar-refractivity contribution in [3.63, 3.8) is 0 Å². The second kappa shape index (κ2) is 10.9. The maximum atomic E-state index is 13.3. The molecular formula is C26H28N4O5. The number of anilines is 1. The number of amides is 2. The number of nitrogens with zero attached hydrogens (tertiary/aromatic N) is 3. The molecule has 0 saturated carbocycles. The Balaban J connectivity index is 1.51. The first kappa shape index (κ1) is 24.1. The molecule has 0 aliphatic carbocycles. The van der Waals surface area contributed by atoms with Crippen LogP contribution in [-0.2, 0) is 6.42 Å². The largest absolute Gasteiger partial charge is 0.465 e. The predicted molar refractivity (Wildman–Crippen MR) is 131 cm³/mol. The maximum Gasteiger partial charge on any atom is 0.404 e. The van der Waals surface area contributed by atoms with Gasteiger partial charge in [-0.05, 0) is 43.0 Å². The molecular weight excluding hydrogens is 448 g/mol. The van der Waals surface area contributed by atoms with E-state index in [1.54, 1.807) is 18.2 Å². The van der Waals surface area contributed by atoms with Crippen molar-refractivity contribution in [1.29, 1.82) is 0 Å². The third-order valence-corrected chi connectivity index (χ3v) is 6.05. The van der Waals surface area contributed by atoms with Crippen LogP contribution in [0.25, 0.3) is 11.1 Å². The summed E-state index contributed by atoms with van der Waals surface area (Å²) in [6.45, 7) is 1.59. The molecule has 0 spiro atoms. The molecule has 3 aromatic rings.